The summed E-state index contributed by atoms with van der Waals surface area (Å²) in [5.74, 6) is 0.707. The molecule has 22 heteroatoms. The molecule has 3 aromatic heterocycles. The van der Waals surface area contributed by atoms with Crippen LogP contribution >= 0.6 is 46.4 Å². The third-order valence-electron chi connectivity index (χ3n) is 11.4. The van der Waals surface area contributed by atoms with Gasteiger partial charge in [0.2, 0.25) is 23.7 Å². The van der Waals surface area contributed by atoms with Gasteiger partial charge in [0.05, 0.1) is 81.4 Å². The molecule has 0 saturated heterocycles. The highest BCUT2D eigenvalue weighted by molar-refractivity contribution is 6.42. The number of fused-ring (bicyclic) bond motifs is 2. The number of benzene rings is 5. The third-order valence-corrected chi connectivity index (χ3v) is 12.9. The Labute approximate surface area is 443 Å². The van der Waals surface area contributed by atoms with E-state index in [0.717, 1.165) is 17.2 Å². The molecule has 18 nitrogen and oxygen atoms in total. The van der Waals surface area contributed by atoms with Crippen molar-refractivity contribution in [1.29, 1.82) is 0 Å². The molecule has 3 heterocycles. The lowest BCUT2D eigenvalue weighted by atomic mass is 10.0. The van der Waals surface area contributed by atoms with Gasteiger partial charge in [-0.05, 0) is 55.3 Å². The SMILES string of the molecule is C=CC(=O)Nc1cccc(C)c1Nc1ncc2cc(-c3c(Cl)c(OC)cc(OCCOc4cc(OC)c(Cl)c(-c5nc6cnc(Nc7c(C)cccc7NC(=O)C=C)nc6n(C)c5=O)c4Cl)c3Cl)c(OC)cc2n1. The molecule has 0 fully saturated rings. The number of nitrogens with zero attached hydrogens (tertiary/aromatic N) is 6. The van der Waals surface area contributed by atoms with Gasteiger partial charge in [0.1, 0.15) is 53.2 Å². The molecule has 0 aliphatic carbocycles. The van der Waals surface area contributed by atoms with Crippen LogP contribution in [0.1, 0.15) is 11.1 Å². The summed E-state index contributed by atoms with van der Waals surface area (Å²) in [5.41, 5.74) is 4.91. The molecule has 0 aliphatic heterocycles. The molecule has 0 unspecified atom stereocenters. The van der Waals surface area contributed by atoms with Crippen molar-refractivity contribution in [3.8, 4) is 51.1 Å². The summed E-state index contributed by atoms with van der Waals surface area (Å²) in [6.45, 7) is 10.6. The van der Waals surface area contributed by atoms with Gasteiger partial charge >= 0.3 is 0 Å². The minimum absolute atomic E-state index is 0.00493. The summed E-state index contributed by atoms with van der Waals surface area (Å²) in [7, 11) is 5.88. The Balaban J connectivity index is 1.04. The lowest BCUT2D eigenvalue weighted by molar-refractivity contribution is -0.112. The van der Waals surface area contributed by atoms with Crippen molar-refractivity contribution < 1.29 is 33.3 Å². The van der Waals surface area contributed by atoms with E-state index < -0.39 is 11.5 Å². The first-order chi connectivity index (χ1) is 35.6. The quantitative estimate of drug-likeness (QED) is 0.0464. The number of ether oxygens (including phenoxy) is 5. The van der Waals surface area contributed by atoms with Crippen LogP contribution in [0.25, 0.3) is 44.5 Å². The van der Waals surface area contributed by atoms with Crippen LogP contribution in [0.4, 0.5) is 34.6 Å². The molecule has 378 valence electrons. The van der Waals surface area contributed by atoms with Crippen LogP contribution in [0.2, 0.25) is 20.1 Å². The lowest BCUT2D eigenvalue weighted by Gasteiger charge is -2.19. The van der Waals surface area contributed by atoms with Gasteiger partial charge in [-0.3, -0.25) is 19.0 Å². The van der Waals surface area contributed by atoms with E-state index in [1.807, 2.05) is 32.0 Å². The molecule has 5 aromatic carbocycles. The Morgan fingerprint density at radius 2 is 1.14 bits per heavy atom. The second-order valence-corrected chi connectivity index (χ2v) is 17.5. The van der Waals surface area contributed by atoms with Gasteiger partial charge in [0, 0.05) is 48.0 Å². The van der Waals surface area contributed by atoms with Crippen molar-refractivity contribution in [2.24, 2.45) is 7.05 Å². The number of hydrogen-bond donors (Lipinski definition) is 4. The fourth-order valence-corrected chi connectivity index (χ4v) is 9.06. The number of methoxy groups -OCH3 is 3. The Morgan fingerprint density at radius 1 is 0.635 bits per heavy atom. The summed E-state index contributed by atoms with van der Waals surface area (Å²) < 4.78 is 30.7. The van der Waals surface area contributed by atoms with Gasteiger partial charge < -0.3 is 45.0 Å². The molecular weight excluding hydrogens is 1030 g/mol. The van der Waals surface area contributed by atoms with Crippen molar-refractivity contribution in [1.82, 2.24) is 29.5 Å². The van der Waals surface area contributed by atoms with Crippen molar-refractivity contribution in [2.45, 2.75) is 13.8 Å². The monoisotopic (exact) mass is 1080 g/mol. The number of halogens is 4. The summed E-state index contributed by atoms with van der Waals surface area (Å²) >= 11 is 27.9. The fraction of sp³-hybridized carbons (Fsp3) is 0.154. The van der Waals surface area contributed by atoms with Gasteiger partial charge in [0.25, 0.3) is 5.56 Å². The van der Waals surface area contributed by atoms with Gasteiger partial charge in [-0.25, -0.2) is 19.9 Å². The molecule has 0 radical (unpaired) electrons. The average Bonchev–Trinajstić information content (AvgIpc) is 3.39. The van der Waals surface area contributed by atoms with Crippen molar-refractivity contribution in [3.05, 3.63) is 140 Å². The zero-order chi connectivity index (χ0) is 53.0. The number of carbonyl (C=O) groups excluding carboxylic acids is 2. The van der Waals surface area contributed by atoms with E-state index in [-0.39, 0.29) is 96.5 Å². The lowest BCUT2D eigenvalue weighted by Crippen LogP contribution is -2.22. The van der Waals surface area contributed by atoms with E-state index in [9.17, 15) is 14.4 Å². The van der Waals surface area contributed by atoms with Gasteiger partial charge in [0.15, 0.2) is 5.65 Å². The molecule has 4 N–H and O–H groups in total. The van der Waals surface area contributed by atoms with E-state index in [2.05, 4.69) is 54.4 Å². The molecule has 74 heavy (non-hydrogen) atoms. The first-order valence-electron chi connectivity index (χ1n) is 22.2. The zero-order valence-electron chi connectivity index (χ0n) is 40.4. The number of aromatic nitrogens is 6. The summed E-state index contributed by atoms with van der Waals surface area (Å²) in [5, 5.41) is 12.8. The Morgan fingerprint density at radius 3 is 1.68 bits per heavy atom. The van der Waals surface area contributed by atoms with Gasteiger partial charge in [-0.2, -0.15) is 4.98 Å². The predicted octanol–water partition coefficient (Wildman–Crippen LogP) is 11.5. The van der Waals surface area contributed by atoms with Crippen LogP contribution < -0.4 is 50.5 Å². The highest BCUT2D eigenvalue weighted by Gasteiger charge is 2.26. The number of amides is 2. The Kier molecular flexibility index (Phi) is 15.7. The molecular formula is C52H44Cl4N10O8. The summed E-state index contributed by atoms with van der Waals surface area (Å²) in [6, 6.07) is 17.3. The second-order valence-electron chi connectivity index (χ2n) is 16.0. The van der Waals surface area contributed by atoms with E-state index in [1.165, 1.54) is 51.3 Å². The van der Waals surface area contributed by atoms with Crippen LogP contribution in [0.15, 0.2) is 103 Å². The fourth-order valence-electron chi connectivity index (χ4n) is 7.72. The smallest absolute Gasteiger partial charge is 0.278 e. The average molecular weight is 1080 g/mol. The van der Waals surface area contributed by atoms with Crippen LogP contribution in [0, 0.1) is 13.8 Å². The van der Waals surface area contributed by atoms with Crippen molar-refractivity contribution >= 4 is 115 Å². The van der Waals surface area contributed by atoms with Gasteiger partial charge in [-0.15, -0.1) is 0 Å². The van der Waals surface area contributed by atoms with Crippen molar-refractivity contribution in [3.63, 3.8) is 0 Å². The number of hydrogen-bond acceptors (Lipinski definition) is 15. The van der Waals surface area contributed by atoms with Crippen LogP contribution in [-0.4, -0.2) is 75.8 Å². The van der Waals surface area contributed by atoms with Crippen LogP contribution in [0.5, 0.6) is 28.7 Å². The van der Waals surface area contributed by atoms with E-state index >= 15 is 0 Å². The normalized spacial score (nSPS) is 10.9. The maximum Gasteiger partial charge on any atom is 0.278 e. The zero-order valence-corrected chi connectivity index (χ0v) is 43.4. The number of aryl methyl sites for hydroxylation is 3. The molecule has 2 amide bonds. The van der Waals surface area contributed by atoms with Gasteiger partial charge in [-0.1, -0.05) is 83.8 Å². The van der Waals surface area contributed by atoms with E-state index in [0.29, 0.717) is 50.5 Å². The Hall–Kier alpha value is -8.16. The molecule has 0 spiro atoms. The van der Waals surface area contributed by atoms with E-state index in [1.54, 1.807) is 42.6 Å². The molecule has 0 atom stereocenters. The molecule has 8 aromatic rings. The highest BCUT2D eigenvalue weighted by atomic mass is 35.5. The molecule has 0 saturated carbocycles. The van der Waals surface area contributed by atoms with Crippen molar-refractivity contribution in [2.75, 3.05) is 55.8 Å². The highest BCUT2D eigenvalue weighted by Crippen LogP contribution is 2.50. The van der Waals surface area contributed by atoms with E-state index in [4.69, 9.17) is 75.1 Å². The maximum atomic E-state index is 14.1. The largest absolute Gasteiger partial charge is 0.496 e. The first kappa shape index (κ1) is 52.2. The topological polar surface area (TPSA) is 215 Å². The predicted molar refractivity (Wildman–Crippen MR) is 290 cm³/mol. The van der Waals surface area contributed by atoms with Crippen LogP contribution in [0.3, 0.4) is 0 Å². The third kappa shape index (κ3) is 10.5. The minimum atomic E-state index is -0.591. The molecule has 8 rings (SSSR count). The second kappa shape index (κ2) is 22.3. The first-order valence-corrected chi connectivity index (χ1v) is 23.7. The minimum Gasteiger partial charge on any atom is -0.496 e. The number of rotatable bonds is 18. The Bertz CT molecular complexity index is 3650. The number of nitrogens with one attached hydrogen (secondary N) is 4. The number of carbonyl (C=O) groups is 2. The summed E-state index contributed by atoms with van der Waals surface area (Å²) in [6.07, 6.45) is 5.40. The van der Waals surface area contributed by atoms with Crippen LogP contribution in [-0.2, 0) is 16.6 Å². The number of para-hydroxylation sites is 2. The standard InChI is InChI=1S/C52H44Cl4N10O8/c1-9-38(67)59-29-15-11-13-25(3)46(29)63-51-57-23-27-19-28(33(70-6)20-31(27)62-51)40-42(53)34(71-7)21-36(44(40)55)73-17-18-74-37-22-35(72-8)43(54)41(45(37)56)48-50(69)66(5)49-32(61-48)24-58-52(65-49)64-47-26(4)14-12-16-30(47)60-39(68)10-2/h9-16,19-24H,1-2,17-18H2,3-8H3,(H,59,67)(H,60,68)(H,57,62,63)(H,58,64,65). The molecule has 0 bridgehead atoms. The summed E-state index contributed by atoms with van der Waals surface area (Å²) in [4.78, 5) is 61.3. The number of anilines is 6. The molecule has 0 aliphatic rings. The maximum absolute atomic E-state index is 14.1.